The van der Waals surface area contributed by atoms with Crippen LogP contribution in [0.4, 0.5) is 0 Å². The molecule has 0 bridgehead atoms. The maximum atomic E-state index is 12.4. The summed E-state index contributed by atoms with van der Waals surface area (Å²) < 4.78 is 32.4. The summed E-state index contributed by atoms with van der Waals surface area (Å²) in [6.45, 7) is 5.80. The van der Waals surface area contributed by atoms with Crippen molar-refractivity contribution in [2.45, 2.75) is 43.7 Å². The first-order valence-electron chi connectivity index (χ1n) is 6.60. The van der Waals surface area contributed by atoms with Gasteiger partial charge in [0.1, 0.15) is 0 Å². The third kappa shape index (κ3) is 4.56. The molecule has 1 rings (SSSR count). The van der Waals surface area contributed by atoms with E-state index in [1.54, 1.807) is 32.0 Å². The number of methoxy groups -OCH3 is 1. The molecule has 1 aromatic carbocycles. The Morgan fingerprint density at radius 1 is 1.40 bits per heavy atom. The van der Waals surface area contributed by atoms with Crippen molar-refractivity contribution in [1.82, 2.24) is 4.72 Å². The van der Waals surface area contributed by atoms with E-state index in [1.807, 2.05) is 13.0 Å². The number of hydrogen-bond acceptors (Lipinski definition) is 4. The van der Waals surface area contributed by atoms with E-state index in [4.69, 9.17) is 10.5 Å². The van der Waals surface area contributed by atoms with E-state index in [1.165, 1.54) is 7.11 Å². The standard InChI is InChI=1S/C14H24N2O3S/c1-5-13(15)11-7-6-8-12(9-11)20(17,18)16-14(2,3)10-19-4/h6-9,13,16H,5,10,15H2,1-4H3. The van der Waals surface area contributed by atoms with Gasteiger partial charge in [-0.25, -0.2) is 13.1 Å². The molecular weight excluding hydrogens is 276 g/mol. The van der Waals surface area contributed by atoms with Gasteiger partial charge in [-0.1, -0.05) is 19.1 Å². The van der Waals surface area contributed by atoms with Crippen LogP contribution in [0.1, 0.15) is 38.8 Å². The molecule has 5 nitrogen and oxygen atoms in total. The quantitative estimate of drug-likeness (QED) is 0.804. The Morgan fingerprint density at radius 3 is 2.60 bits per heavy atom. The van der Waals surface area contributed by atoms with Crippen molar-refractivity contribution in [2.24, 2.45) is 5.73 Å². The van der Waals surface area contributed by atoms with E-state index in [2.05, 4.69) is 4.72 Å². The van der Waals surface area contributed by atoms with E-state index >= 15 is 0 Å². The molecule has 1 aromatic rings. The average molecular weight is 300 g/mol. The second-order valence-corrected chi connectivity index (χ2v) is 7.19. The van der Waals surface area contributed by atoms with Crippen LogP contribution >= 0.6 is 0 Å². The number of ether oxygens (including phenoxy) is 1. The van der Waals surface area contributed by atoms with Crippen molar-refractivity contribution in [3.63, 3.8) is 0 Å². The van der Waals surface area contributed by atoms with Crippen LogP contribution in [0.15, 0.2) is 29.2 Å². The topological polar surface area (TPSA) is 81.4 Å². The second-order valence-electron chi connectivity index (χ2n) is 5.51. The highest BCUT2D eigenvalue weighted by Crippen LogP contribution is 2.19. The van der Waals surface area contributed by atoms with Gasteiger partial charge in [0, 0.05) is 13.2 Å². The van der Waals surface area contributed by atoms with Crippen molar-refractivity contribution < 1.29 is 13.2 Å². The molecule has 114 valence electrons. The minimum absolute atomic E-state index is 0.155. The Kier molecular flexibility index (Phi) is 5.70. The lowest BCUT2D eigenvalue weighted by atomic mass is 10.1. The maximum Gasteiger partial charge on any atom is 0.241 e. The molecule has 0 radical (unpaired) electrons. The van der Waals surface area contributed by atoms with Gasteiger partial charge >= 0.3 is 0 Å². The van der Waals surface area contributed by atoms with Crippen molar-refractivity contribution in [1.29, 1.82) is 0 Å². The molecule has 1 atom stereocenters. The van der Waals surface area contributed by atoms with E-state index in [0.717, 1.165) is 12.0 Å². The highest BCUT2D eigenvalue weighted by atomic mass is 32.2. The highest BCUT2D eigenvalue weighted by molar-refractivity contribution is 7.89. The maximum absolute atomic E-state index is 12.4. The molecule has 0 saturated carbocycles. The van der Waals surface area contributed by atoms with Crippen LogP contribution in [0.5, 0.6) is 0 Å². The summed E-state index contributed by atoms with van der Waals surface area (Å²) in [6.07, 6.45) is 0.756. The SMILES string of the molecule is CCC(N)c1cccc(S(=O)(=O)NC(C)(C)COC)c1. The van der Waals surface area contributed by atoms with Gasteiger partial charge in [-0.3, -0.25) is 0 Å². The fourth-order valence-electron chi connectivity index (χ4n) is 1.96. The van der Waals surface area contributed by atoms with Crippen molar-refractivity contribution in [2.75, 3.05) is 13.7 Å². The van der Waals surface area contributed by atoms with Crippen LogP contribution in [-0.2, 0) is 14.8 Å². The number of rotatable bonds is 7. The molecule has 0 saturated heterocycles. The van der Waals surface area contributed by atoms with Gasteiger partial charge in [-0.05, 0) is 38.0 Å². The summed E-state index contributed by atoms with van der Waals surface area (Å²) >= 11 is 0. The smallest absolute Gasteiger partial charge is 0.241 e. The van der Waals surface area contributed by atoms with E-state index in [0.29, 0.717) is 6.61 Å². The van der Waals surface area contributed by atoms with Crippen LogP contribution in [0, 0.1) is 0 Å². The van der Waals surface area contributed by atoms with Gasteiger partial charge in [-0.2, -0.15) is 0 Å². The van der Waals surface area contributed by atoms with Gasteiger partial charge in [0.05, 0.1) is 17.0 Å². The first kappa shape index (κ1) is 17.1. The lowest BCUT2D eigenvalue weighted by Gasteiger charge is -2.25. The van der Waals surface area contributed by atoms with Crippen molar-refractivity contribution >= 4 is 10.0 Å². The predicted molar refractivity (Wildman–Crippen MR) is 79.9 cm³/mol. The molecule has 0 aromatic heterocycles. The molecule has 0 heterocycles. The highest BCUT2D eigenvalue weighted by Gasteiger charge is 2.26. The lowest BCUT2D eigenvalue weighted by molar-refractivity contribution is 0.141. The largest absolute Gasteiger partial charge is 0.383 e. The summed E-state index contributed by atoms with van der Waals surface area (Å²) in [5.41, 5.74) is 6.10. The number of hydrogen-bond donors (Lipinski definition) is 2. The number of benzene rings is 1. The Labute approximate surface area is 121 Å². The molecule has 0 aliphatic carbocycles. The number of nitrogens with two attached hydrogens (primary N) is 1. The minimum Gasteiger partial charge on any atom is -0.383 e. The third-order valence-corrected chi connectivity index (χ3v) is 4.65. The lowest BCUT2D eigenvalue weighted by Crippen LogP contribution is -2.46. The average Bonchev–Trinajstić information content (AvgIpc) is 2.36. The molecule has 20 heavy (non-hydrogen) atoms. The van der Waals surface area contributed by atoms with Gasteiger partial charge in [0.2, 0.25) is 10.0 Å². The van der Waals surface area contributed by atoms with Crippen LogP contribution in [0.3, 0.4) is 0 Å². The monoisotopic (exact) mass is 300 g/mol. The van der Waals surface area contributed by atoms with Crippen molar-refractivity contribution in [3.05, 3.63) is 29.8 Å². The van der Waals surface area contributed by atoms with Gasteiger partial charge in [0.15, 0.2) is 0 Å². The summed E-state index contributed by atoms with van der Waals surface area (Å²) in [5.74, 6) is 0. The molecular formula is C14H24N2O3S. The van der Waals surface area contributed by atoms with E-state index in [-0.39, 0.29) is 10.9 Å². The Bertz CT molecular complexity index is 541. The fourth-order valence-corrected chi connectivity index (χ4v) is 3.41. The van der Waals surface area contributed by atoms with Crippen LogP contribution in [-0.4, -0.2) is 27.7 Å². The molecule has 6 heteroatoms. The molecule has 1 unspecified atom stereocenters. The Hall–Kier alpha value is -0.950. The summed E-state index contributed by atoms with van der Waals surface area (Å²) in [7, 11) is -2.05. The van der Waals surface area contributed by atoms with Gasteiger partial charge in [-0.15, -0.1) is 0 Å². The number of sulfonamides is 1. The number of nitrogens with one attached hydrogen (secondary N) is 1. The normalized spacial score (nSPS) is 14.2. The Morgan fingerprint density at radius 2 is 2.05 bits per heavy atom. The third-order valence-electron chi connectivity index (χ3n) is 2.95. The molecule has 0 aliphatic heterocycles. The second kappa shape index (κ2) is 6.67. The zero-order valence-electron chi connectivity index (χ0n) is 12.5. The molecule has 0 aliphatic rings. The fraction of sp³-hybridized carbons (Fsp3) is 0.571. The van der Waals surface area contributed by atoms with Crippen LogP contribution < -0.4 is 10.5 Å². The van der Waals surface area contributed by atoms with Crippen molar-refractivity contribution in [3.8, 4) is 0 Å². The minimum atomic E-state index is -3.59. The van der Waals surface area contributed by atoms with Gasteiger partial charge < -0.3 is 10.5 Å². The molecule has 3 N–H and O–H groups in total. The first-order chi connectivity index (χ1) is 9.22. The zero-order valence-corrected chi connectivity index (χ0v) is 13.3. The Balaban J connectivity index is 3.04. The van der Waals surface area contributed by atoms with Gasteiger partial charge in [0.25, 0.3) is 0 Å². The predicted octanol–water partition coefficient (Wildman–Crippen LogP) is 1.80. The summed E-state index contributed by atoms with van der Waals surface area (Å²) in [6, 6.07) is 6.59. The molecule has 0 fully saturated rings. The van der Waals surface area contributed by atoms with E-state index < -0.39 is 15.6 Å². The van der Waals surface area contributed by atoms with Crippen LogP contribution in [0.2, 0.25) is 0 Å². The molecule has 0 amide bonds. The summed E-state index contributed by atoms with van der Waals surface area (Å²) in [4.78, 5) is 0.225. The molecule has 0 spiro atoms. The summed E-state index contributed by atoms with van der Waals surface area (Å²) in [5, 5.41) is 0. The van der Waals surface area contributed by atoms with E-state index in [9.17, 15) is 8.42 Å². The first-order valence-corrected chi connectivity index (χ1v) is 8.08. The zero-order chi connectivity index (χ0) is 15.4. The van der Waals surface area contributed by atoms with Crippen LogP contribution in [0.25, 0.3) is 0 Å².